The molecule has 1 unspecified atom stereocenters. The van der Waals surface area contributed by atoms with Gasteiger partial charge in [-0.05, 0) is 18.6 Å². The molecule has 0 spiro atoms. The van der Waals surface area contributed by atoms with Crippen molar-refractivity contribution < 1.29 is 13.2 Å². The van der Waals surface area contributed by atoms with Crippen LogP contribution in [0.15, 0.2) is 24.3 Å². The molecule has 17 heavy (non-hydrogen) atoms. The number of methoxy groups -OCH3 is 1. The van der Waals surface area contributed by atoms with Gasteiger partial charge in [0.1, 0.15) is 5.75 Å². The minimum Gasteiger partial charge on any atom is -0.495 e. The molecule has 0 amide bonds. The standard InChI is InChI=1S/C11H18N2O3S/c1-3-9(8-12)17(14,15)13-10-6-4-5-7-11(10)16-2/h4-7,9,13H,3,8,12H2,1-2H3. The Labute approximate surface area is 102 Å². The summed E-state index contributed by atoms with van der Waals surface area (Å²) in [5.74, 6) is 0.489. The van der Waals surface area contributed by atoms with E-state index in [9.17, 15) is 8.42 Å². The lowest BCUT2D eigenvalue weighted by Gasteiger charge is -2.16. The van der Waals surface area contributed by atoms with E-state index in [0.717, 1.165) is 0 Å². The molecule has 96 valence electrons. The molecule has 0 saturated heterocycles. The Bertz CT molecular complexity index is 456. The second kappa shape index (κ2) is 5.88. The highest BCUT2D eigenvalue weighted by atomic mass is 32.2. The van der Waals surface area contributed by atoms with Crippen LogP contribution in [-0.2, 0) is 10.0 Å². The number of hydrogen-bond acceptors (Lipinski definition) is 4. The molecule has 0 fully saturated rings. The van der Waals surface area contributed by atoms with Gasteiger partial charge in [-0.15, -0.1) is 0 Å². The molecule has 0 radical (unpaired) electrons. The number of anilines is 1. The Balaban J connectivity index is 2.97. The predicted octanol–water partition coefficient (Wildman–Crippen LogP) is 1.17. The van der Waals surface area contributed by atoms with Crippen molar-refractivity contribution >= 4 is 15.7 Å². The number of nitrogens with two attached hydrogens (primary N) is 1. The average molecular weight is 258 g/mol. The molecule has 0 saturated carbocycles. The average Bonchev–Trinajstić information content (AvgIpc) is 2.30. The fourth-order valence-corrected chi connectivity index (χ4v) is 2.81. The van der Waals surface area contributed by atoms with Gasteiger partial charge < -0.3 is 10.5 Å². The monoisotopic (exact) mass is 258 g/mol. The quantitative estimate of drug-likeness (QED) is 0.802. The molecule has 0 aliphatic heterocycles. The predicted molar refractivity (Wildman–Crippen MR) is 68.7 cm³/mol. The fraction of sp³-hybridized carbons (Fsp3) is 0.455. The first-order valence-corrected chi connectivity index (χ1v) is 6.94. The summed E-state index contributed by atoms with van der Waals surface area (Å²) in [5.41, 5.74) is 5.88. The molecule has 0 heterocycles. The van der Waals surface area contributed by atoms with Gasteiger partial charge >= 0.3 is 0 Å². The number of sulfonamides is 1. The van der Waals surface area contributed by atoms with Crippen LogP contribution >= 0.6 is 0 Å². The second-order valence-electron chi connectivity index (χ2n) is 3.61. The summed E-state index contributed by atoms with van der Waals surface area (Å²) >= 11 is 0. The summed E-state index contributed by atoms with van der Waals surface area (Å²) in [6, 6.07) is 6.86. The van der Waals surface area contributed by atoms with E-state index in [4.69, 9.17) is 10.5 Å². The van der Waals surface area contributed by atoms with E-state index in [1.165, 1.54) is 7.11 Å². The molecule has 6 heteroatoms. The van der Waals surface area contributed by atoms with Gasteiger partial charge in [0.25, 0.3) is 0 Å². The zero-order valence-electron chi connectivity index (χ0n) is 10.0. The maximum absolute atomic E-state index is 12.0. The largest absolute Gasteiger partial charge is 0.495 e. The van der Waals surface area contributed by atoms with Gasteiger partial charge in [-0.3, -0.25) is 4.72 Å². The number of para-hydroxylation sites is 2. The van der Waals surface area contributed by atoms with Crippen molar-refractivity contribution in [3.8, 4) is 5.75 Å². The summed E-state index contributed by atoms with van der Waals surface area (Å²) < 4.78 is 31.6. The molecule has 0 bridgehead atoms. The van der Waals surface area contributed by atoms with Crippen LogP contribution in [0.5, 0.6) is 5.75 Å². The molecule has 1 aromatic carbocycles. The fourth-order valence-electron chi connectivity index (χ4n) is 1.48. The molecular weight excluding hydrogens is 240 g/mol. The third-order valence-electron chi connectivity index (χ3n) is 2.52. The summed E-state index contributed by atoms with van der Waals surface area (Å²) in [4.78, 5) is 0. The Hall–Kier alpha value is -1.27. The van der Waals surface area contributed by atoms with Crippen molar-refractivity contribution in [2.45, 2.75) is 18.6 Å². The van der Waals surface area contributed by atoms with Gasteiger partial charge in [0, 0.05) is 6.54 Å². The van der Waals surface area contributed by atoms with E-state index < -0.39 is 15.3 Å². The van der Waals surface area contributed by atoms with Gasteiger partial charge in [-0.1, -0.05) is 19.1 Å². The number of hydrogen-bond donors (Lipinski definition) is 2. The van der Waals surface area contributed by atoms with Crippen LogP contribution in [0.4, 0.5) is 5.69 Å². The summed E-state index contributed by atoms with van der Waals surface area (Å²) in [6.07, 6.45) is 0.473. The van der Waals surface area contributed by atoms with Crippen molar-refractivity contribution in [2.24, 2.45) is 5.73 Å². The molecule has 3 N–H and O–H groups in total. The summed E-state index contributed by atoms with van der Waals surface area (Å²) in [7, 11) is -1.97. The van der Waals surface area contributed by atoms with Crippen LogP contribution in [0.1, 0.15) is 13.3 Å². The zero-order valence-corrected chi connectivity index (χ0v) is 10.8. The van der Waals surface area contributed by atoms with Gasteiger partial charge in [-0.2, -0.15) is 0 Å². The van der Waals surface area contributed by atoms with Crippen LogP contribution in [0.3, 0.4) is 0 Å². The SMILES string of the molecule is CCC(CN)S(=O)(=O)Nc1ccccc1OC. The van der Waals surface area contributed by atoms with Gasteiger partial charge in [0.2, 0.25) is 10.0 Å². The van der Waals surface area contributed by atoms with Crippen molar-refractivity contribution in [3.05, 3.63) is 24.3 Å². The molecule has 1 rings (SSSR count). The van der Waals surface area contributed by atoms with E-state index >= 15 is 0 Å². The first-order chi connectivity index (χ1) is 8.05. The van der Waals surface area contributed by atoms with Crippen molar-refractivity contribution in [2.75, 3.05) is 18.4 Å². The Morgan fingerprint density at radius 2 is 2.06 bits per heavy atom. The van der Waals surface area contributed by atoms with Crippen molar-refractivity contribution in [1.82, 2.24) is 0 Å². The van der Waals surface area contributed by atoms with Crippen LogP contribution in [0, 0.1) is 0 Å². The smallest absolute Gasteiger partial charge is 0.236 e. The van der Waals surface area contributed by atoms with E-state index in [1.807, 2.05) is 0 Å². The Kier molecular flexibility index (Phi) is 4.77. The van der Waals surface area contributed by atoms with Gasteiger partial charge in [0.05, 0.1) is 18.0 Å². The van der Waals surface area contributed by atoms with Crippen molar-refractivity contribution in [1.29, 1.82) is 0 Å². The molecular formula is C11H18N2O3S. The normalized spacial score (nSPS) is 13.1. The molecule has 5 nitrogen and oxygen atoms in total. The van der Waals surface area contributed by atoms with Crippen molar-refractivity contribution in [3.63, 3.8) is 0 Å². The minimum absolute atomic E-state index is 0.0982. The maximum Gasteiger partial charge on any atom is 0.236 e. The van der Waals surface area contributed by atoms with Crippen LogP contribution < -0.4 is 15.2 Å². The van der Waals surface area contributed by atoms with E-state index in [2.05, 4.69) is 4.72 Å². The third kappa shape index (κ3) is 3.34. The highest BCUT2D eigenvalue weighted by molar-refractivity contribution is 7.93. The molecule has 0 aromatic heterocycles. The topological polar surface area (TPSA) is 81.4 Å². The summed E-state index contributed by atoms with van der Waals surface area (Å²) in [6.45, 7) is 1.89. The number of rotatable bonds is 6. The van der Waals surface area contributed by atoms with Crippen LogP contribution in [-0.4, -0.2) is 27.3 Å². The lowest BCUT2D eigenvalue weighted by molar-refractivity contribution is 0.417. The Morgan fingerprint density at radius 3 is 2.59 bits per heavy atom. The second-order valence-corrected chi connectivity index (χ2v) is 5.57. The first kappa shape index (κ1) is 13.8. The highest BCUT2D eigenvalue weighted by Gasteiger charge is 2.23. The van der Waals surface area contributed by atoms with Gasteiger partial charge in [0.15, 0.2) is 0 Å². The molecule has 1 aromatic rings. The maximum atomic E-state index is 12.0. The van der Waals surface area contributed by atoms with E-state index in [-0.39, 0.29) is 6.54 Å². The first-order valence-electron chi connectivity index (χ1n) is 5.39. The van der Waals surface area contributed by atoms with Crippen LogP contribution in [0.2, 0.25) is 0 Å². The molecule has 1 atom stereocenters. The molecule has 0 aliphatic rings. The minimum atomic E-state index is -3.46. The zero-order chi connectivity index (χ0) is 12.9. The molecule has 0 aliphatic carbocycles. The number of benzene rings is 1. The van der Waals surface area contributed by atoms with Crippen LogP contribution in [0.25, 0.3) is 0 Å². The highest BCUT2D eigenvalue weighted by Crippen LogP contribution is 2.25. The number of nitrogens with one attached hydrogen (secondary N) is 1. The van der Waals surface area contributed by atoms with E-state index in [0.29, 0.717) is 17.9 Å². The van der Waals surface area contributed by atoms with E-state index in [1.54, 1.807) is 31.2 Å². The Morgan fingerprint density at radius 1 is 1.41 bits per heavy atom. The lowest BCUT2D eigenvalue weighted by atomic mass is 10.3. The van der Waals surface area contributed by atoms with Gasteiger partial charge in [-0.25, -0.2) is 8.42 Å². The lowest BCUT2D eigenvalue weighted by Crippen LogP contribution is -2.33. The number of ether oxygens (including phenoxy) is 1. The third-order valence-corrected chi connectivity index (χ3v) is 4.42. The summed E-state index contributed by atoms with van der Waals surface area (Å²) in [5, 5.41) is -0.590.